The second-order valence-electron chi connectivity index (χ2n) is 5.33. The highest BCUT2D eigenvalue weighted by molar-refractivity contribution is 6.32. The Morgan fingerprint density at radius 2 is 2.29 bits per heavy atom. The van der Waals surface area contributed by atoms with Crippen LogP contribution >= 0.6 is 11.6 Å². The molecule has 6 heteroatoms. The lowest BCUT2D eigenvalue weighted by molar-refractivity contribution is 0.0960. The molecule has 0 aromatic heterocycles. The number of hydrogen-bond acceptors (Lipinski definition) is 5. The summed E-state index contributed by atoms with van der Waals surface area (Å²) in [4.78, 5) is 2.22. The molecule has 0 aliphatic carbocycles. The molecule has 1 aromatic carbocycles. The van der Waals surface area contributed by atoms with Crippen molar-refractivity contribution in [2.24, 2.45) is 0 Å². The third-order valence-electron chi connectivity index (χ3n) is 3.75. The first kappa shape index (κ1) is 16.4. The van der Waals surface area contributed by atoms with Crippen molar-refractivity contribution in [2.75, 3.05) is 32.8 Å². The summed E-state index contributed by atoms with van der Waals surface area (Å²) < 4.78 is 5.41. The quantitative estimate of drug-likeness (QED) is 0.773. The molecule has 2 unspecified atom stereocenters. The Labute approximate surface area is 130 Å². The maximum atomic E-state index is 9.92. The van der Waals surface area contributed by atoms with Crippen LogP contribution in [0.25, 0.3) is 0 Å². The standard InChI is InChI=1S/C15H23ClN2O3/c1-3-21-14-7-11(6-12(16)15(14)20)13(9-19)18-5-4-17-10(2)8-18/h6-7,10,13,17,19-20H,3-5,8-9H2,1-2H3. The van der Waals surface area contributed by atoms with E-state index in [0.29, 0.717) is 18.4 Å². The summed E-state index contributed by atoms with van der Waals surface area (Å²) in [5.41, 5.74) is 0.859. The summed E-state index contributed by atoms with van der Waals surface area (Å²) >= 11 is 6.08. The van der Waals surface area contributed by atoms with Crippen molar-refractivity contribution in [3.8, 4) is 11.5 Å². The molecule has 21 heavy (non-hydrogen) atoms. The molecule has 3 N–H and O–H groups in total. The van der Waals surface area contributed by atoms with Crippen molar-refractivity contribution in [1.29, 1.82) is 0 Å². The minimum Gasteiger partial charge on any atom is -0.503 e. The summed E-state index contributed by atoms with van der Waals surface area (Å²) in [6.07, 6.45) is 0. The second-order valence-corrected chi connectivity index (χ2v) is 5.74. The van der Waals surface area contributed by atoms with Crippen LogP contribution in [0.4, 0.5) is 0 Å². The van der Waals surface area contributed by atoms with E-state index >= 15 is 0 Å². The monoisotopic (exact) mass is 314 g/mol. The first-order chi connectivity index (χ1) is 10.1. The van der Waals surface area contributed by atoms with Crippen LogP contribution in [0.5, 0.6) is 11.5 Å². The highest BCUT2D eigenvalue weighted by Crippen LogP contribution is 2.38. The lowest BCUT2D eigenvalue weighted by Crippen LogP contribution is -2.50. The molecule has 2 rings (SSSR count). The fourth-order valence-electron chi connectivity index (χ4n) is 2.73. The third kappa shape index (κ3) is 3.80. The van der Waals surface area contributed by atoms with Gasteiger partial charge in [0.15, 0.2) is 11.5 Å². The summed E-state index contributed by atoms with van der Waals surface area (Å²) in [5, 5.41) is 23.3. The summed E-state index contributed by atoms with van der Waals surface area (Å²) in [6.45, 7) is 7.02. The van der Waals surface area contributed by atoms with Gasteiger partial charge < -0.3 is 20.3 Å². The largest absolute Gasteiger partial charge is 0.503 e. The van der Waals surface area contributed by atoms with E-state index in [2.05, 4.69) is 17.1 Å². The smallest absolute Gasteiger partial charge is 0.176 e. The summed E-state index contributed by atoms with van der Waals surface area (Å²) in [6, 6.07) is 3.70. The molecule has 1 aliphatic heterocycles. The molecule has 0 saturated carbocycles. The van der Waals surface area contributed by atoms with Crippen LogP contribution in [0.1, 0.15) is 25.5 Å². The van der Waals surface area contributed by atoms with Crippen LogP contribution in [0.3, 0.4) is 0 Å². The Kier molecular flexibility index (Phi) is 5.70. The lowest BCUT2D eigenvalue weighted by Gasteiger charge is -2.37. The van der Waals surface area contributed by atoms with E-state index in [1.54, 1.807) is 12.1 Å². The van der Waals surface area contributed by atoms with Gasteiger partial charge in [-0.05, 0) is 31.5 Å². The molecule has 0 amide bonds. The molecule has 2 atom stereocenters. The van der Waals surface area contributed by atoms with Crippen molar-refractivity contribution >= 4 is 11.6 Å². The van der Waals surface area contributed by atoms with Gasteiger partial charge in [-0.1, -0.05) is 11.6 Å². The van der Waals surface area contributed by atoms with E-state index in [4.69, 9.17) is 16.3 Å². The van der Waals surface area contributed by atoms with Crippen LogP contribution in [0.15, 0.2) is 12.1 Å². The molecule has 1 fully saturated rings. The zero-order valence-corrected chi connectivity index (χ0v) is 13.2. The maximum absolute atomic E-state index is 9.92. The molecule has 1 saturated heterocycles. The molecule has 0 bridgehead atoms. The van der Waals surface area contributed by atoms with Gasteiger partial charge in [-0.3, -0.25) is 4.90 Å². The van der Waals surface area contributed by atoms with E-state index in [1.807, 2.05) is 6.92 Å². The number of hydrogen-bond donors (Lipinski definition) is 3. The van der Waals surface area contributed by atoms with Crippen molar-refractivity contribution < 1.29 is 14.9 Å². The molecule has 5 nitrogen and oxygen atoms in total. The second kappa shape index (κ2) is 7.31. The van der Waals surface area contributed by atoms with Gasteiger partial charge in [0.25, 0.3) is 0 Å². The Morgan fingerprint density at radius 3 is 2.90 bits per heavy atom. The molecule has 1 aliphatic rings. The molecule has 118 valence electrons. The number of ether oxygens (including phenoxy) is 1. The van der Waals surface area contributed by atoms with E-state index in [0.717, 1.165) is 25.2 Å². The molecule has 1 heterocycles. The average molecular weight is 315 g/mol. The average Bonchev–Trinajstić information content (AvgIpc) is 2.45. The molecule has 0 spiro atoms. The number of nitrogens with zero attached hydrogens (tertiary/aromatic N) is 1. The fraction of sp³-hybridized carbons (Fsp3) is 0.600. The highest BCUT2D eigenvalue weighted by atomic mass is 35.5. The summed E-state index contributed by atoms with van der Waals surface area (Å²) in [7, 11) is 0. The predicted molar refractivity (Wildman–Crippen MR) is 83.2 cm³/mol. The topological polar surface area (TPSA) is 65.0 Å². The van der Waals surface area contributed by atoms with Crippen LogP contribution in [-0.4, -0.2) is 54.0 Å². The number of rotatable bonds is 5. The predicted octanol–water partition coefficient (Wildman–Crippen LogP) is 1.77. The Morgan fingerprint density at radius 1 is 1.52 bits per heavy atom. The van der Waals surface area contributed by atoms with Gasteiger partial charge in [0.1, 0.15) is 0 Å². The van der Waals surface area contributed by atoms with E-state index in [-0.39, 0.29) is 23.4 Å². The maximum Gasteiger partial charge on any atom is 0.176 e. The van der Waals surface area contributed by atoms with Gasteiger partial charge in [0, 0.05) is 25.7 Å². The van der Waals surface area contributed by atoms with Gasteiger partial charge in [0.05, 0.1) is 24.3 Å². The number of phenols is 1. The van der Waals surface area contributed by atoms with Crippen LogP contribution in [0.2, 0.25) is 5.02 Å². The normalized spacial score (nSPS) is 21.2. The van der Waals surface area contributed by atoms with Gasteiger partial charge in [-0.15, -0.1) is 0 Å². The minimum absolute atomic E-state index is 0.000606. The van der Waals surface area contributed by atoms with Crippen molar-refractivity contribution in [3.63, 3.8) is 0 Å². The van der Waals surface area contributed by atoms with Gasteiger partial charge in [-0.25, -0.2) is 0 Å². The van der Waals surface area contributed by atoms with E-state index in [1.165, 1.54) is 0 Å². The number of aromatic hydroxyl groups is 1. The van der Waals surface area contributed by atoms with Gasteiger partial charge in [0.2, 0.25) is 0 Å². The number of halogens is 1. The summed E-state index contributed by atoms with van der Waals surface area (Å²) in [5.74, 6) is 0.314. The van der Waals surface area contributed by atoms with Crippen molar-refractivity contribution in [1.82, 2.24) is 10.2 Å². The Hall–Kier alpha value is -1.01. The fourth-order valence-corrected chi connectivity index (χ4v) is 2.95. The van der Waals surface area contributed by atoms with Crippen molar-refractivity contribution in [2.45, 2.75) is 25.9 Å². The minimum atomic E-state index is -0.146. The number of benzene rings is 1. The van der Waals surface area contributed by atoms with E-state index < -0.39 is 0 Å². The number of nitrogens with one attached hydrogen (secondary N) is 1. The Bertz CT molecular complexity index is 484. The SMILES string of the molecule is CCOc1cc(C(CO)N2CCNC(C)C2)cc(Cl)c1O. The number of phenolic OH excluding ortho intramolecular Hbond substituents is 1. The zero-order chi connectivity index (χ0) is 15.4. The van der Waals surface area contributed by atoms with E-state index in [9.17, 15) is 10.2 Å². The number of aliphatic hydroxyl groups is 1. The van der Waals surface area contributed by atoms with Gasteiger partial charge in [-0.2, -0.15) is 0 Å². The first-order valence-electron chi connectivity index (χ1n) is 7.30. The Balaban J connectivity index is 2.28. The van der Waals surface area contributed by atoms with Crippen LogP contribution < -0.4 is 10.1 Å². The zero-order valence-electron chi connectivity index (χ0n) is 12.5. The van der Waals surface area contributed by atoms with Crippen molar-refractivity contribution in [3.05, 3.63) is 22.7 Å². The molecule has 0 radical (unpaired) electrons. The third-order valence-corrected chi connectivity index (χ3v) is 4.04. The molecular weight excluding hydrogens is 292 g/mol. The highest BCUT2D eigenvalue weighted by Gasteiger charge is 2.26. The van der Waals surface area contributed by atoms with Crippen LogP contribution in [0, 0.1) is 0 Å². The molecule has 1 aromatic rings. The number of piperazine rings is 1. The van der Waals surface area contributed by atoms with Crippen LogP contribution in [-0.2, 0) is 0 Å². The first-order valence-corrected chi connectivity index (χ1v) is 7.68. The molecular formula is C15H23ClN2O3. The van der Waals surface area contributed by atoms with Gasteiger partial charge >= 0.3 is 0 Å². The lowest BCUT2D eigenvalue weighted by atomic mass is 10.0. The number of aliphatic hydroxyl groups excluding tert-OH is 1.